The Morgan fingerprint density at radius 2 is 2.00 bits per heavy atom. The van der Waals surface area contributed by atoms with Gasteiger partial charge in [-0.3, -0.25) is 14.5 Å². The van der Waals surface area contributed by atoms with Crippen molar-refractivity contribution in [3.05, 3.63) is 29.8 Å². The smallest absolute Gasteiger partial charge is 0.324 e. The summed E-state index contributed by atoms with van der Waals surface area (Å²) >= 11 is 0. The highest BCUT2D eigenvalue weighted by Gasteiger charge is 2.59. The van der Waals surface area contributed by atoms with Gasteiger partial charge in [0.15, 0.2) is 0 Å². The van der Waals surface area contributed by atoms with Gasteiger partial charge in [-0.2, -0.15) is 0 Å². The van der Waals surface area contributed by atoms with Crippen molar-refractivity contribution in [2.45, 2.75) is 25.1 Å². The van der Waals surface area contributed by atoms with Crippen molar-refractivity contribution in [3.63, 3.8) is 0 Å². The zero-order valence-electron chi connectivity index (χ0n) is 12.8. The number of nitrogens with zero attached hydrogens (tertiary/aromatic N) is 1. The number of carbonyl (C=O) groups excluding carboxylic acids is 2. The van der Waals surface area contributed by atoms with Crippen molar-refractivity contribution in [1.82, 2.24) is 4.90 Å². The molecule has 0 amide bonds. The predicted octanol–water partition coefficient (Wildman–Crippen LogP) is 1.15. The summed E-state index contributed by atoms with van der Waals surface area (Å²) in [7, 11) is 3.13. The van der Waals surface area contributed by atoms with Gasteiger partial charge >= 0.3 is 11.9 Å². The third-order valence-electron chi connectivity index (χ3n) is 4.38. The lowest BCUT2D eigenvalue weighted by molar-refractivity contribution is -0.158. The van der Waals surface area contributed by atoms with E-state index in [9.17, 15) is 9.59 Å². The fraction of sp³-hybridized carbons (Fsp3) is 0.500. The van der Waals surface area contributed by atoms with Crippen LogP contribution in [0, 0.1) is 5.92 Å². The van der Waals surface area contributed by atoms with Crippen molar-refractivity contribution in [3.8, 4) is 5.75 Å². The van der Waals surface area contributed by atoms with Crippen LogP contribution >= 0.6 is 0 Å². The Balaban J connectivity index is 2.00. The first-order valence-corrected chi connectivity index (χ1v) is 7.32. The van der Waals surface area contributed by atoms with E-state index < -0.39 is 30.0 Å². The van der Waals surface area contributed by atoms with E-state index in [4.69, 9.17) is 14.2 Å². The Hall–Kier alpha value is -2.08. The molecule has 118 valence electrons. The highest BCUT2D eigenvalue weighted by Crippen LogP contribution is 2.49. The molecule has 0 bridgehead atoms. The number of hydrogen-bond donors (Lipinski definition) is 0. The minimum absolute atomic E-state index is 0.158. The van der Waals surface area contributed by atoms with Gasteiger partial charge in [-0.15, -0.1) is 0 Å². The van der Waals surface area contributed by atoms with Crippen molar-refractivity contribution in [2.24, 2.45) is 5.92 Å². The third-order valence-corrected chi connectivity index (χ3v) is 4.38. The van der Waals surface area contributed by atoms with E-state index in [2.05, 4.69) is 0 Å². The second-order valence-electron chi connectivity index (χ2n) is 5.48. The molecule has 2 heterocycles. The fourth-order valence-corrected chi connectivity index (χ4v) is 3.49. The van der Waals surface area contributed by atoms with Gasteiger partial charge < -0.3 is 14.2 Å². The van der Waals surface area contributed by atoms with E-state index in [1.54, 1.807) is 6.92 Å². The SMILES string of the molecule is CCOC(=O)[C@H]1[C@@H](C(=O)OC)[C@@H]2Oc3ccccc3[C@@H]2N1C. The molecule has 0 saturated carbocycles. The minimum atomic E-state index is -0.702. The maximum absolute atomic E-state index is 12.3. The van der Waals surface area contributed by atoms with Gasteiger partial charge in [0, 0.05) is 5.56 Å². The molecule has 0 radical (unpaired) electrons. The molecule has 4 atom stereocenters. The Kier molecular flexibility index (Phi) is 3.78. The molecular formula is C16H19NO5. The predicted molar refractivity (Wildman–Crippen MR) is 77.3 cm³/mol. The molecule has 6 heteroatoms. The van der Waals surface area contributed by atoms with Gasteiger partial charge in [-0.05, 0) is 20.0 Å². The second-order valence-corrected chi connectivity index (χ2v) is 5.48. The van der Waals surface area contributed by atoms with E-state index >= 15 is 0 Å². The topological polar surface area (TPSA) is 65.1 Å². The average Bonchev–Trinajstić information content (AvgIpc) is 3.02. The summed E-state index contributed by atoms with van der Waals surface area (Å²) in [6, 6.07) is 6.78. The molecule has 0 aliphatic carbocycles. The zero-order chi connectivity index (χ0) is 15.9. The summed E-state index contributed by atoms with van der Waals surface area (Å²) < 4.78 is 16.0. The molecule has 1 fully saturated rings. The Morgan fingerprint density at radius 3 is 2.68 bits per heavy atom. The van der Waals surface area contributed by atoms with Crippen LogP contribution in [0.1, 0.15) is 18.5 Å². The number of carbonyl (C=O) groups is 2. The first-order chi connectivity index (χ1) is 10.6. The van der Waals surface area contributed by atoms with Crippen LogP contribution in [0.2, 0.25) is 0 Å². The maximum Gasteiger partial charge on any atom is 0.324 e. The molecule has 0 aromatic heterocycles. The number of likely N-dealkylation sites (tertiary alicyclic amines) is 1. The lowest BCUT2D eigenvalue weighted by Gasteiger charge is -2.24. The standard InChI is InChI=1S/C16H19NO5/c1-4-21-16(19)13-11(15(18)20-3)14-12(17(13)2)9-7-5-6-8-10(9)22-14/h5-8,11-14H,4H2,1-3H3/t11-,12+,13-,14+/m1/s1. The zero-order valence-corrected chi connectivity index (χ0v) is 12.8. The molecule has 0 N–H and O–H groups in total. The van der Waals surface area contributed by atoms with E-state index in [1.165, 1.54) is 7.11 Å². The summed E-state index contributed by atoms with van der Waals surface area (Å²) in [5.41, 5.74) is 0.982. The number of para-hydroxylation sites is 1. The molecule has 1 saturated heterocycles. The first-order valence-electron chi connectivity index (χ1n) is 7.32. The van der Waals surface area contributed by atoms with Gasteiger partial charge in [-0.1, -0.05) is 18.2 Å². The Bertz CT molecular complexity index is 602. The van der Waals surface area contributed by atoms with Crippen LogP contribution in [0.15, 0.2) is 24.3 Å². The van der Waals surface area contributed by atoms with Gasteiger partial charge in [0.05, 0.1) is 19.8 Å². The van der Waals surface area contributed by atoms with Crippen LogP contribution in [0.25, 0.3) is 0 Å². The number of ether oxygens (including phenoxy) is 3. The van der Waals surface area contributed by atoms with Crippen molar-refractivity contribution in [2.75, 3.05) is 20.8 Å². The normalized spacial score (nSPS) is 29.4. The maximum atomic E-state index is 12.3. The Labute approximate surface area is 128 Å². The molecule has 0 spiro atoms. The second kappa shape index (κ2) is 5.61. The van der Waals surface area contributed by atoms with Crippen molar-refractivity contribution in [1.29, 1.82) is 0 Å². The van der Waals surface area contributed by atoms with Crippen LogP contribution < -0.4 is 4.74 Å². The number of rotatable bonds is 3. The van der Waals surface area contributed by atoms with E-state index in [1.807, 2.05) is 36.2 Å². The molecule has 2 aliphatic heterocycles. The molecule has 1 aromatic rings. The highest BCUT2D eigenvalue weighted by molar-refractivity contribution is 5.86. The van der Waals surface area contributed by atoms with Gasteiger partial charge in [-0.25, -0.2) is 0 Å². The molecule has 1 aromatic carbocycles. The Morgan fingerprint density at radius 1 is 1.27 bits per heavy atom. The van der Waals surface area contributed by atoms with Crippen LogP contribution in [-0.2, 0) is 19.1 Å². The van der Waals surface area contributed by atoms with Crippen LogP contribution in [0.4, 0.5) is 0 Å². The number of benzene rings is 1. The van der Waals surface area contributed by atoms with Crippen molar-refractivity contribution < 1.29 is 23.8 Å². The van der Waals surface area contributed by atoms with Crippen LogP contribution in [0.3, 0.4) is 0 Å². The van der Waals surface area contributed by atoms with E-state index in [0.717, 1.165) is 11.3 Å². The number of esters is 2. The van der Waals surface area contributed by atoms with Crippen molar-refractivity contribution >= 4 is 11.9 Å². The summed E-state index contributed by atoms with van der Waals surface area (Å²) in [6.07, 6.45) is -0.441. The number of hydrogen-bond acceptors (Lipinski definition) is 6. The molecule has 2 aliphatic rings. The van der Waals surface area contributed by atoms with Crippen LogP contribution in [-0.4, -0.2) is 49.7 Å². The summed E-state index contributed by atoms with van der Waals surface area (Å²) in [5.74, 6) is -0.826. The summed E-state index contributed by atoms with van der Waals surface area (Å²) in [4.78, 5) is 26.4. The van der Waals surface area contributed by atoms with Gasteiger partial charge in [0.2, 0.25) is 0 Å². The summed E-state index contributed by atoms with van der Waals surface area (Å²) in [5, 5.41) is 0. The number of likely N-dealkylation sites (N-methyl/N-ethyl adjacent to an activating group) is 1. The first kappa shape index (κ1) is 14.8. The molecule has 3 rings (SSSR count). The summed E-state index contributed by atoms with van der Waals surface area (Å²) in [6.45, 7) is 2.01. The quantitative estimate of drug-likeness (QED) is 0.781. The fourth-order valence-electron chi connectivity index (χ4n) is 3.49. The lowest BCUT2D eigenvalue weighted by Crippen LogP contribution is -2.44. The molecule has 0 unspecified atom stereocenters. The molecule has 22 heavy (non-hydrogen) atoms. The number of fused-ring (bicyclic) bond motifs is 3. The minimum Gasteiger partial charge on any atom is -0.487 e. The van der Waals surface area contributed by atoms with Gasteiger partial charge in [0.1, 0.15) is 23.8 Å². The third kappa shape index (κ3) is 2.06. The van der Waals surface area contributed by atoms with E-state index in [-0.39, 0.29) is 12.6 Å². The van der Waals surface area contributed by atoms with Gasteiger partial charge in [0.25, 0.3) is 0 Å². The highest BCUT2D eigenvalue weighted by atomic mass is 16.5. The molecular weight excluding hydrogens is 286 g/mol. The monoisotopic (exact) mass is 305 g/mol. The largest absolute Gasteiger partial charge is 0.487 e. The number of methoxy groups -OCH3 is 1. The van der Waals surface area contributed by atoms with E-state index in [0.29, 0.717) is 0 Å². The average molecular weight is 305 g/mol. The lowest BCUT2D eigenvalue weighted by atomic mass is 9.95. The van der Waals surface area contributed by atoms with Crippen LogP contribution in [0.5, 0.6) is 5.75 Å². The molecule has 6 nitrogen and oxygen atoms in total.